The Morgan fingerprint density at radius 2 is 2.21 bits per heavy atom. The van der Waals surface area contributed by atoms with Gasteiger partial charge in [-0.05, 0) is 37.6 Å². The van der Waals surface area contributed by atoms with Crippen molar-refractivity contribution in [2.45, 2.75) is 30.9 Å². The summed E-state index contributed by atoms with van der Waals surface area (Å²) in [6.45, 7) is 6.77. The van der Waals surface area contributed by atoms with Crippen molar-refractivity contribution in [1.29, 1.82) is 0 Å². The Kier molecular flexibility index (Phi) is 6.73. The van der Waals surface area contributed by atoms with Crippen molar-refractivity contribution in [2.75, 3.05) is 19.8 Å². The molecule has 0 amide bonds. The van der Waals surface area contributed by atoms with Crippen molar-refractivity contribution in [3.63, 3.8) is 0 Å². The van der Waals surface area contributed by atoms with Crippen LogP contribution < -0.4 is 10.5 Å². The minimum Gasteiger partial charge on any atom is -0.482 e. The van der Waals surface area contributed by atoms with Crippen LogP contribution in [-0.4, -0.2) is 31.0 Å². The number of hydrogen-bond acceptors (Lipinski definition) is 5. The van der Waals surface area contributed by atoms with Gasteiger partial charge < -0.3 is 15.2 Å². The van der Waals surface area contributed by atoms with Crippen LogP contribution in [0, 0.1) is 6.92 Å². The first-order chi connectivity index (χ1) is 9.06. The second-order valence-corrected chi connectivity index (χ2v) is 5.70. The lowest BCUT2D eigenvalue weighted by Gasteiger charge is -2.12. The molecule has 0 radical (unpaired) electrons. The molecule has 0 saturated carbocycles. The van der Waals surface area contributed by atoms with Gasteiger partial charge in [0.15, 0.2) is 6.61 Å². The Morgan fingerprint density at radius 1 is 1.47 bits per heavy atom. The van der Waals surface area contributed by atoms with E-state index in [-0.39, 0.29) is 12.6 Å². The molecule has 0 aliphatic rings. The van der Waals surface area contributed by atoms with Crippen LogP contribution in [0.3, 0.4) is 0 Å². The lowest BCUT2D eigenvalue weighted by atomic mass is 10.2. The van der Waals surface area contributed by atoms with E-state index in [4.69, 9.17) is 15.2 Å². The molecule has 106 valence electrons. The van der Waals surface area contributed by atoms with E-state index < -0.39 is 0 Å². The molecule has 4 nitrogen and oxygen atoms in total. The van der Waals surface area contributed by atoms with Crippen LogP contribution in [0.4, 0.5) is 0 Å². The van der Waals surface area contributed by atoms with E-state index in [0.29, 0.717) is 24.2 Å². The van der Waals surface area contributed by atoms with Gasteiger partial charge >= 0.3 is 5.97 Å². The summed E-state index contributed by atoms with van der Waals surface area (Å²) in [5, 5.41) is 0.380. The molecule has 1 unspecified atom stereocenters. The second-order valence-electron chi connectivity index (χ2n) is 4.19. The highest BCUT2D eigenvalue weighted by Gasteiger charge is 2.07. The van der Waals surface area contributed by atoms with Crippen molar-refractivity contribution in [3.8, 4) is 5.75 Å². The normalized spacial score (nSPS) is 12.0. The van der Waals surface area contributed by atoms with E-state index in [1.165, 1.54) is 0 Å². The van der Waals surface area contributed by atoms with Gasteiger partial charge in [0.1, 0.15) is 5.75 Å². The number of aryl methyl sites for hydroxylation is 1. The molecule has 0 heterocycles. The third-order valence-electron chi connectivity index (χ3n) is 2.47. The van der Waals surface area contributed by atoms with E-state index in [2.05, 4.69) is 6.92 Å². The highest BCUT2D eigenvalue weighted by atomic mass is 32.2. The zero-order valence-corrected chi connectivity index (χ0v) is 12.5. The zero-order chi connectivity index (χ0) is 14.3. The summed E-state index contributed by atoms with van der Waals surface area (Å²) < 4.78 is 10.2. The summed E-state index contributed by atoms with van der Waals surface area (Å²) >= 11 is 1.73. The number of thioether (sulfide) groups is 1. The quantitative estimate of drug-likeness (QED) is 0.615. The largest absolute Gasteiger partial charge is 0.482 e. The Balaban J connectivity index is 2.59. The van der Waals surface area contributed by atoms with E-state index in [1.54, 1.807) is 18.7 Å². The molecule has 1 rings (SSSR count). The van der Waals surface area contributed by atoms with E-state index in [1.807, 2.05) is 25.1 Å². The zero-order valence-electron chi connectivity index (χ0n) is 11.6. The number of ether oxygens (including phenoxy) is 2. The van der Waals surface area contributed by atoms with E-state index >= 15 is 0 Å². The Morgan fingerprint density at radius 3 is 2.79 bits per heavy atom. The summed E-state index contributed by atoms with van der Waals surface area (Å²) in [6, 6.07) is 5.89. The van der Waals surface area contributed by atoms with Crippen molar-refractivity contribution in [1.82, 2.24) is 0 Å². The fourth-order valence-corrected chi connectivity index (χ4v) is 2.43. The number of hydrogen-bond donors (Lipinski definition) is 1. The maximum Gasteiger partial charge on any atom is 0.344 e. The predicted octanol–water partition coefficient (Wildman–Crippen LogP) is 2.38. The van der Waals surface area contributed by atoms with Gasteiger partial charge in [0.05, 0.1) is 6.61 Å². The molecule has 0 saturated heterocycles. The Bertz CT molecular complexity index is 423. The second kappa shape index (κ2) is 8.07. The number of rotatable bonds is 7. The molecule has 1 atom stereocenters. The lowest BCUT2D eigenvalue weighted by molar-refractivity contribution is -0.145. The van der Waals surface area contributed by atoms with Crippen LogP contribution in [0.25, 0.3) is 0 Å². The van der Waals surface area contributed by atoms with Crippen LogP contribution in [0.5, 0.6) is 5.75 Å². The van der Waals surface area contributed by atoms with Gasteiger partial charge in [-0.2, -0.15) is 0 Å². The molecule has 0 fully saturated rings. The highest BCUT2D eigenvalue weighted by molar-refractivity contribution is 8.00. The highest BCUT2D eigenvalue weighted by Crippen LogP contribution is 2.28. The molecule has 5 heteroatoms. The van der Waals surface area contributed by atoms with Gasteiger partial charge in [0.2, 0.25) is 0 Å². The first-order valence-corrected chi connectivity index (χ1v) is 7.20. The first kappa shape index (κ1) is 15.9. The Labute approximate surface area is 118 Å². The first-order valence-electron chi connectivity index (χ1n) is 6.32. The summed E-state index contributed by atoms with van der Waals surface area (Å²) in [4.78, 5) is 12.4. The third kappa shape index (κ3) is 5.53. The van der Waals surface area contributed by atoms with Gasteiger partial charge in [-0.25, -0.2) is 4.79 Å². The summed E-state index contributed by atoms with van der Waals surface area (Å²) in [7, 11) is 0. The topological polar surface area (TPSA) is 61.5 Å². The monoisotopic (exact) mass is 283 g/mol. The van der Waals surface area contributed by atoms with E-state index in [9.17, 15) is 4.79 Å². The lowest BCUT2D eigenvalue weighted by Crippen LogP contribution is -2.15. The van der Waals surface area contributed by atoms with Gasteiger partial charge in [-0.1, -0.05) is 6.92 Å². The van der Waals surface area contributed by atoms with Gasteiger partial charge in [0.25, 0.3) is 0 Å². The minimum absolute atomic E-state index is 0.0552. The Hall–Kier alpha value is -1.20. The molecular formula is C14H21NO3S. The van der Waals surface area contributed by atoms with Crippen molar-refractivity contribution >= 4 is 17.7 Å². The number of nitrogens with two attached hydrogens (primary N) is 1. The van der Waals surface area contributed by atoms with Crippen molar-refractivity contribution < 1.29 is 14.3 Å². The number of esters is 1. The van der Waals surface area contributed by atoms with Gasteiger partial charge in [-0.15, -0.1) is 11.8 Å². The van der Waals surface area contributed by atoms with Crippen LogP contribution in [0.2, 0.25) is 0 Å². The smallest absolute Gasteiger partial charge is 0.344 e. The number of benzene rings is 1. The molecule has 0 spiro atoms. The minimum atomic E-state index is -0.350. The number of carbonyl (C=O) groups excluding carboxylic acids is 1. The predicted molar refractivity (Wildman–Crippen MR) is 77.7 cm³/mol. The molecule has 0 aliphatic carbocycles. The average Bonchev–Trinajstić information content (AvgIpc) is 2.38. The fourth-order valence-electron chi connectivity index (χ4n) is 1.48. The summed E-state index contributed by atoms with van der Waals surface area (Å²) in [5.41, 5.74) is 6.60. The fraction of sp³-hybridized carbons (Fsp3) is 0.500. The summed E-state index contributed by atoms with van der Waals surface area (Å²) in [5.74, 6) is 0.356. The standard InChI is InChI=1S/C14H21NO3S/c1-4-17-14(16)9-18-13-6-5-12(7-10(13)2)19-11(3)8-15/h5-7,11H,4,8-9,15H2,1-3H3. The molecule has 0 aromatic heterocycles. The van der Waals surface area contributed by atoms with Crippen molar-refractivity contribution in [2.24, 2.45) is 5.73 Å². The molecule has 19 heavy (non-hydrogen) atoms. The van der Waals surface area contributed by atoms with Crippen LogP contribution >= 0.6 is 11.8 Å². The third-order valence-corrected chi connectivity index (χ3v) is 3.59. The molecule has 1 aromatic carbocycles. The van der Waals surface area contributed by atoms with Crippen LogP contribution in [0.1, 0.15) is 19.4 Å². The molecule has 2 N–H and O–H groups in total. The van der Waals surface area contributed by atoms with E-state index in [0.717, 1.165) is 10.5 Å². The average molecular weight is 283 g/mol. The molecule has 1 aromatic rings. The maximum absolute atomic E-state index is 11.2. The molecule has 0 bridgehead atoms. The molecular weight excluding hydrogens is 262 g/mol. The van der Waals surface area contributed by atoms with Crippen molar-refractivity contribution in [3.05, 3.63) is 23.8 Å². The maximum atomic E-state index is 11.2. The van der Waals surface area contributed by atoms with Gasteiger partial charge in [0, 0.05) is 16.7 Å². The summed E-state index contributed by atoms with van der Waals surface area (Å²) in [6.07, 6.45) is 0. The number of carbonyl (C=O) groups is 1. The van der Waals surface area contributed by atoms with Crippen LogP contribution in [0.15, 0.2) is 23.1 Å². The van der Waals surface area contributed by atoms with Crippen LogP contribution in [-0.2, 0) is 9.53 Å². The SMILES string of the molecule is CCOC(=O)COc1ccc(SC(C)CN)cc1C. The molecule has 0 aliphatic heterocycles. The van der Waals surface area contributed by atoms with Gasteiger partial charge in [-0.3, -0.25) is 0 Å².